The van der Waals surface area contributed by atoms with E-state index < -0.39 is 17.0 Å². The van der Waals surface area contributed by atoms with E-state index in [1.165, 1.54) is 24.3 Å². The van der Waals surface area contributed by atoms with Crippen molar-refractivity contribution in [2.75, 3.05) is 6.61 Å². The zero-order valence-corrected chi connectivity index (χ0v) is 15.3. The SMILES string of the molecule is C[C@@H](OC(=O)COc1ccccc1Cl)c1nnc(-c2ccc([N+](=O)[O-])cc2)o1. The van der Waals surface area contributed by atoms with Gasteiger partial charge in [-0.15, -0.1) is 10.2 Å². The summed E-state index contributed by atoms with van der Waals surface area (Å²) in [6, 6.07) is 12.4. The molecule has 0 spiro atoms. The van der Waals surface area contributed by atoms with E-state index in [0.29, 0.717) is 16.3 Å². The fourth-order valence-electron chi connectivity index (χ4n) is 2.22. The van der Waals surface area contributed by atoms with E-state index >= 15 is 0 Å². The summed E-state index contributed by atoms with van der Waals surface area (Å²) in [4.78, 5) is 22.1. The molecule has 0 N–H and O–H groups in total. The molecule has 10 heteroatoms. The number of benzene rings is 2. The quantitative estimate of drug-likeness (QED) is 0.330. The number of carbonyl (C=O) groups is 1. The van der Waals surface area contributed by atoms with Gasteiger partial charge in [-0.3, -0.25) is 10.1 Å². The van der Waals surface area contributed by atoms with Crippen molar-refractivity contribution in [3.05, 3.63) is 69.6 Å². The molecule has 0 aliphatic heterocycles. The third-order valence-electron chi connectivity index (χ3n) is 3.60. The number of halogens is 1. The number of hydrogen-bond donors (Lipinski definition) is 0. The summed E-state index contributed by atoms with van der Waals surface area (Å²) in [7, 11) is 0. The molecular formula is C18H14ClN3O6. The molecule has 0 saturated heterocycles. The minimum absolute atomic E-state index is 0.0516. The Bertz CT molecular complexity index is 989. The summed E-state index contributed by atoms with van der Waals surface area (Å²) in [5.74, 6) is -0.0333. The second kappa shape index (κ2) is 8.49. The van der Waals surface area contributed by atoms with Crippen molar-refractivity contribution in [3.63, 3.8) is 0 Å². The van der Waals surface area contributed by atoms with E-state index in [1.807, 2.05) is 0 Å². The minimum Gasteiger partial charge on any atom is -0.480 e. The van der Waals surface area contributed by atoms with Gasteiger partial charge in [-0.2, -0.15) is 0 Å². The number of esters is 1. The first-order chi connectivity index (χ1) is 13.4. The number of rotatable bonds is 7. The third kappa shape index (κ3) is 4.63. The van der Waals surface area contributed by atoms with Crippen LogP contribution < -0.4 is 4.74 Å². The van der Waals surface area contributed by atoms with Gasteiger partial charge in [0.15, 0.2) is 12.7 Å². The molecule has 0 aliphatic carbocycles. The molecule has 9 nitrogen and oxygen atoms in total. The lowest BCUT2D eigenvalue weighted by atomic mass is 10.2. The number of carbonyl (C=O) groups excluding carboxylic acids is 1. The van der Waals surface area contributed by atoms with E-state index in [4.69, 9.17) is 25.5 Å². The summed E-state index contributed by atoms with van der Waals surface area (Å²) in [5, 5.41) is 18.8. The fourth-order valence-corrected chi connectivity index (χ4v) is 2.41. The second-order valence-corrected chi connectivity index (χ2v) is 6.01. The smallest absolute Gasteiger partial charge is 0.344 e. The maximum absolute atomic E-state index is 11.9. The first kappa shape index (κ1) is 19.3. The van der Waals surface area contributed by atoms with Gasteiger partial charge in [-0.25, -0.2) is 4.79 Å². The molecular weight excluding hydrogens is 390 g/mol. The normalized spacial score (nSPS) is 11.6. The number of ether oxygens (including phenoxy) is 2. The Hall–Kier alpha value is -3.46. The van der Waals surface area contributed by atoms with E-state index in [9.17, 15) is 14.9 Å². The van der Waals surface area contributed by atoms with Gasteiger partial charge in [-0.1, -0.05) is 23.7 Å². The van der Waals surface area contributed by atoms with Crippen molar-refractivity contribution in [2.24, 2.45) is 0 Å². The first-order valence-corrected chi connectivity index (χ1v) is 8.47. The Balaban J connectivity index is 1.59. The van der Waals surface area contributed by atoms with E-state index in [0.717, 1.165) is 0 Å². The minimum atomic E-state index is -0.804. The highest BCUT2D eigenvalue weighted by Gasteiger charge is 2.20. The average Bonchev–Trinajstić information content (AvgIpc) is 3.18. The van der Waals surface area contributed by atoms with Crippen LogP contribution in [0.3, 0.4) is 0 Å². The van der Waals surface area contributed by atoms with E-state index in [1.54, 1.807) is 31.2 Å². The summed E-state index contributed by atoms with van der Waals surface area (Å²) in [6.07, 6.45) is -0.804. The highest BCUT2D eigenvalue weighted by molar-refractivity contribution is 6.32. The fraction of sp³-hybridized carbons (Fsp3) is 0.167. The molecule has 0 unspecified atom stereocenters. The van der Waals surface area contributed by atoms with Gasteiger partial charge in [0.1, 0.15) is 5.75 Å². The number of hydrogen-bond acceptors (Lipinski definition) is 8. The molecule has 144 valence electrons. The van der Waals surface area contributed by atoms with Crippen LogP contribution in [0.15, 0.2) is 52.9 Å². The highest BCUT2D eigenvalue weighted by Crippen LogP contribution is 2.25. The molecule has 28 heavy (non-hydrogen) atoms. The van der Waals surface area contributed by atoms with Gasteiger partial charge >= 0.3 is 5.97 Å². The summed E-state index contributed by atoms with van der Waals surface area (Å²) in [5.41, 5.74) is 0.453. The molecule has 0 aliphatic rings. The summed E-state index contributed by atoms with van der Waals surface area (Å²) in [6.45, 7) is 1.23. The van der Waals surface area contributed by atoms with Crippen molar-refractivity contribution >= 4 is 23.3 Å². The van der Waals surface area contributed by atoms with Gasteiger partial charge in [0.25, 0.3) is 11.6 Å². The van der Waals surface area contributed by atoms with Gasteiger partial charge < -0.3 is 13.9 Å². The van der Waals surface area contributed by atoms with Crippen LogP contribution in [0.25, 0.3) is 11.5 Å². The Labute approximate surface area is 164 Å². The van der Waals surface area contributed by atoms with Crippen molar-refractivity contribution < 1.29 is 23.6 Å². The predicted molar refractivity (Wildman–Crippen MR) is 97.8 cm³/mol. The molecule has 0 fully saturated rings. The number of aromatic nitrogens is 2. The largest absolute Gasteiger partial charge is 0.480 e. The third-order valence-corrected chi connectivity index (χ3v) is 3.92. The molecule has 0 bridgehead atoms. The first-order valence-electron chi connectivity index (χ1n) is 8.09. The van der Waals surface area contributed by atoms with Crippen LogP contribution >= 0.6 is 11.6 Å². The molecule has 1 heterocycles. The average molecular weight is 404 g/mol. The van der Waals surface area contributed by atoms with Crippen molar-refractivity contribution in [1.29, 1.82) is 0 Å². The van der Waals surface area contributed by atoms with Crippen molar-refractivity contribution in [1.82, 2.24) is 10.2 Å². The van der Waals surface area contributed by atoms with Crippen LogP contribution in [-0.4, -0.2) is 27.7 Å². The van der Waals surface area contributed by atoms with Crippen LogP contribution in [-0.2, 0) is 9.53 Å². The van der Waals surface area contributed by atoms with Gasteiger partial charge in [0.05, 0.1) is 9.95 Å². The van der Waals surface area contributed by atoms with Crippen LogP contribution in [0.4, 0.5) is 5.69 Å². The van der Waals surface area contributed by atoms with Crippen LogP contribution in [0, 0.1) is 10.1 Å². The van der Waals surface area contributed by atoms with Gasteiger partial charge in [0.2, 0.25) is 5.89 Å². The Kier molecular flexibility index (Phi) is 5.85. The van der Waals surface area contributed by atoms with E-state index in [-0.39, 0.29) is 24.1 Å². The molecule has 2 aromatic carbocycles. The Morgan fingerprint density at radius 2 is 1.93 bits per heavy atom. The second-order valence-electron chi connectivity index (χ2n) is 5.60. The maximum Gasteiger partial charge on any atom is 0.344 e. The highest BCUT2D eigenvalue weighted by atomic mass is 35.5. The van der Waals surface area contributed by atoms with Crippen molar-refractivity contribution in [2.45, 2.75) is 13.0 Å². The summed E-state index contributed by atoms with van der Waals surface area (Å²) < 4.78 is 16.0. The van der Waals surface area contributed by atoms with E-state index in [2.05, 4.69) is 10.2 Å². The number of nitro groups is 1. The molecule has 0 radical (unpaired) electrons. The van der Waals surface area contributed by atoms with Crippen molar-refractivity contribution in [3.8, 4) is 17.2 Å². The van der Waals surface area contributed by atoms with Gasteiger partial charge in [0, 0.05) is 17.7 Å². The lowest BCUT2D eigenvalue weighted by molar-refractivity contribution is -0.384. The number of non-ortho nitro benzene ring substituents is 1. The molecule has 3 aromatic rings. The summed E-state index contributed by atoms with van der Waals surface area (Å²) >= 11 is 5.95. The number of nitro benzene ring substituents is 1. The van der Waals surface area contributed by atoms with Crippen LogP contribution in [0.5, 0.6) is 5.75 Å². The number of para-hydroxylation sites is 1. The molecule has 0 saturated carbocycles. The maximum atomic E-state index is 11.9. The zero-order valence-electron chi connectivity index (χ0n) is 14.6. The van der Waals surface area contributed by atoms with Crippen LogP contribution in [0.2, 0.25) is 5.02 Å². The Morgan fingerprint density at radius 1 is 1.21 bits per heavy atom. The van der Waals surface area contributed by atoms with Crippen LogP contribution in [0.1, 0.15) is 18.9 Å². The standard InChI is InChI=1S/C18H14ClN3O6/c1-11(27-16(23)10-26-15-5-3-2-4-14(15)19)17-20-21-18(28-17)12-6-8-13(9-7-12)22(24)25/h2-9,11H,10H2,1H3/t11-/m1/s1. The Morgan fingerprint density at radius 3 is 2.61 bits per heavy atom. The molecule has 3 rings (SSSR count). The topological polar surface area (TPSA) is 118 Å². The molecule has 0 amide bonds. The number of nitrogens with zero attached hydrogens (tertiary/aromatic N) is 3. The monoisotopic (exact) mass is 403 g/mol. The molecule has 1 atom stereocenters. The zero-order chi connectivity index (χ0) is 20.1. The van der Waals surface area contributed by atoms with Gasteiger partial charge in [-0.05, 0) is 31.2 Å². The lowest BCUT2D eigenvalue weighted by Crippen LogP contribution is -2.17. The molecule has 1 aromatic heterocycles. The predicted octanol–water partition coefficient (Wildman–Crippen LogP) is 3.98. The lowest BCUT2D eigenvalue weighted by Gasteiger charge is -2.11.